The molecular weight excluding hydrogens is 355 g/mol. The van der Waals surface area contributed by atoms with Gasteiger partial charge in [0.25, 0.3) is 21.2 Å². The number of nitro groups is 1. The molecule has 0 radical (unpaired) electrons. The average Bonchev–Trinajstić information content (AvgIpc) is 2.23. The fourth-order valence-corrected chi connectivity index (χ4v) is 1.85. The Morgan fingerprint density at radius 3 is 2.24 bits per heavy atom. The highest BCUT2D eigenvalue weighted by molar-refractivity contribution is 8.13. The van der Waals surface area contributed by atoms with E-state index in [4.69, 9.17) is 10.7 Å². The summed E-state index contributed by atoms with van der Waals surface area (Å²) in [6, 6.07) is 0.00700. The average molecular weight is 357 g/mol. The Bertz CT molecular complexity index is 677. The van der Waals surface area contributed by atoms with Crippen LogP contribution in [0.5, 0.6) is 5.88 Å². The van der Waals surface area contributed by atoms with Gasteiger partial charge in [-0.3, -0.25) is 10.1 Å². The first kappa shape index (κ1) is 17.3. The number of halogens is 6. The predicted molar refractivity (Wildman–Crippen MR) is 55.6 cm³/mol. The molecule has 1 heterocycles. The SMILES string of the molecule is O=[N+]([O-])c1cc(S(=O)(=O)Cl)nc(OC(F)(F)F)c1C(F)F. The van der Waals surface area contributed by atoms with Gasteiger partial charge in [0.15, 0.2) is 10.6 Å². The molecule has 1 aromatic rings. The zero-order valence-electron chi connectivity index (χ0n) is 9.27. The van der Waals surface area contributed by atoms with Gasteiger partial charge in [0.1, 0.15) is 0 Å². The normalized spacial score (nSPS) is 12.5. The van der Waals surface area contributed by atoms with Gasteiger partial charge in [-0.25, -0.2) is 17.2 Å². The van der Waals surface area contributed by atoms with E-state index in [1.54, 1.807) is 0 Å². The molecule has 21 heavy (non-hydrogen) atoms. The lowest BCUT2D eigenvalue weighted by Crippen LogP contribution is -2.20. The number of nitrogens with zero attached hydrogens (tertiary/aromatic N) is 2. The van der Waals surface area contributed by atoms with Crippen LogP contribution in [0.2, 0.25) is 0 Å². The molecule has 0 amide bonds. The van der Waals surface area contributed by atoms with Crippen molar-refractivity contribution in [2.24, 2.45) is 0 Å². The summed E-state index contributed by atoms with van der Waals surface area (Å²) in [5, 5.41) is 9.16. The fraction of sp³-hybridized carbons (Fsp3) is 0.286. The van der Waals surface area contributed by atoms with E-state index in [0.29, 0.717) is 0 Å². The van der Waals surface area contributed by atoms with Crippen LogP contribution < -0.4 is 4.74 Å². The molecule has 7 nitrogen and oxygen atoms in total. The Kier molecular flexibility index (Phi) is 4.57. The van der Waals surface area contributed by atoms with Crippen molar-refractivity contribution in [3.63, 3.8) is 0 Å². The van der Waals surface area contributed by atoms with Gasteiger partial charge in [-0.1, -0.05) is 0 Å². The lowest BCUT2D eigenvalue weighted by Gasteiger charge is -2.12. The highest BCUT2D eigenvalue weighted by atomic mass is 35.7. The minimum atomic E-state index is -5.53. The molecule has 1 rings (SSSR count). The molecule has 1 aromatic heterocycles. The number of pyridine rings is 1. The number of aromatic nitrogens is 1. The van der Waals surface area contributed by atoms with E-state index in [1.807, 2.05) is 0 Å². The molecule has 0 aliphatic heterocycles. The topological polar surface area (TPSA) is 99.4 Å². The zero-order chi connectivity index (χ0) is 16.6. The molecule has 0 unspecified atom stereocenters. The van der Waals surface area contributed by atoms with Crippen LogP contribution in [-0.4, -0.2) is 24.7 Å². The van der Waals surface area contributed by atoms with Crippen molar-refractivity contribution in [3.8, 4) is 5.88 Å². The maximum atomic E-state index is 12.7. The first-order valence-corrected chi connectivity index (χ1v) is 6.81. The summed E-state index contributed by atoms with van der Waals surface area (Å²) in [4.78, 5) is 11.7. The third kappa shape index (κ3) is 4.35. The Morgan fingerprint density at radius 1 is 1.38 bits per heavy atom. The van der Waals surface area contributed by atoms with Crippen molar-refractivity contribution in [1.82, 2.24) is 4.98 Å². The van der Waals surface area contributed by atoms with Crippen LogP contribution >= 0.6 is 10.7 Å². The van der Waals surface area contributed by atoms with Crippen LogP contribution in [0.25, 0.3) is 0 Å². The maximum absolute atomic E-state index is 12.7. The van der Waals surface area contributed by atoms with E-state index in [1.165, 1.54) is 0 Å². The van der Waals surface area contributed by atoms with Crippen molar-refractivity contribution in [2.45, 2.75) is 17.8 Å². The van der Waals surface area contributed by atoms with Crippen LogP contribution in [0.1, 0.15) is 12.0 Å². The largest absolute Gasteiger partial charge is 0.574 e. The zero-order valence-corrected chi connectivity index (χ0v) is 10.8. The Morgan fingerprint density at radius 2 is 1.90 bits per heavy atom. The van der Waals surface area contributed by atoms with Gasteiger partial charge in [-0.05, 0) is 0 Å². The number of rotatable bonds is 4. The monoisotopic (exact) mass is 356 g/mol. The van der Waals surface area contributed by atoms with E-state index in [9.17, 15) is 40.5 Å². The second kappa shape index (κ2) is 5.55. The van der Waals surface area contributed by atoms with Crippen LogP contribution in [0, 0.1) is 10.1 Å². The van der Waals surface area contributed by atoms with Crippen molar-refractivity contribution >= 4 is 25.4 Å². The van der Waals surface area contributed by atoms with Crippen molar-refractivity contribution < 1.29 is 40.0 Å². The standard InChI is InChI=1S/C7H2ClF5N2O5S/c8-21(18,19)3-1-2(15(16)17)4(5(9)10)6(14-3)20-7(11,12)13/h1,5H. The van der Waals surface area contributed by atoms with Gasteiger partial charge in [0, 0.05) is 10.7 Å². The van der Waals surface area contributed by atoms with Gasteiger partial charge in [0.2, 0.25) is 5.88 Å². The van der Waals surface area contributed by atoms with Gasteiger partial charge < -0.3 is 4.74 Å². The van der Waals surface area contributed by atoms with Gasteiger partial charge in [-0.15, -0.1) is 13.2 Å². The maximum Gasteiger partial charge on any atom is 0.574 e. The Labute approximate surface area is 116 Å². The number of hydrogen-bond acceptors (Lipinski definition) is 6. The smallest absolute Gasteiger partial charge is 0.387 e. The molecule has 0 fully saturated rings. The van der Waals surface area contributed by atoms with Crippen LogP contribution in [0.4, 0.5) is 27.6 Å². The Hall–Kier alpha value is -1.76. The van der Waals surface area contributed by atoms with Crippen molar-refractivity contribution in [3.05, 3.63) is 21.7 Å². The van der Waals surface area contributed by atoms with E-state index < -0.39 is 48.9 Å². The third-order valence-electron chi connectivity index (χ3n) is 1.86. The van der Waals surface area contributed by atoms with E-state index in [0.717, 1.165) is 0 Å². The quantitative estimate of drug-likeness (QED) is 0.356. The second-order valence-electron chi connectivity index (χ2n) is 3.24. The summed E-state index contributed by atoms with van der Waals surface area (Å²) in [6.45, 7) is 0. The molecule has 0 aromatic carbocycles. The summed E-state index contributed by atoms with van der Waals surface area (Å²) in [6.07, 6.45) is -9.30. The minimum absolute atomic E-state index is 0.00700. The first-order chi connectivity index (χ1) is 9.33. The lowest BCUT2D eigenvalue weighted by atomic mass is 10.2. The number of hydrogen-bond donors (Lipinski definition) is 0. The summed E-state index contributed by atoms with van der Waals surface area (Å²) < 4.78 is 86.6. The highest BCUT2D eigenvalue weighted by Crippen LogP contribution is 2.39. The second-order valence-corrected chi connectivity index (χ2v) is 5.75. The summed E-state index contributed by atoms with van der Waals surface area (Å²) in [7, 11) is -0.0418. The van der Waals surface area contributed by atoms with Gasteiger partial charge >= 0.3 is 6.36 Å². The molecule has 0 spiro atoms. The molecule has 0 saturated heterocycles. The number of alkyl halides is 5. The minimum Gasteiger partial charge on any atom is -0.387 e. The predicted octanol–water partition coefficient (Wildman–Crippen LogP) is 2.75. The highest BCUT2D eigenvalue weighted by Gasteiger charge is 2.39. The van der Waals surface area contributed by atoms with Gasteiger partial charge in [0.05, 0.1) is 11.0 Å². The van der Waals surface area contributed by atoms with Crippen LogP contribution in [-0.2, 0) is 9.05 Å². The van der Waals surface area contributed by atoms with Crippen molar-refractivity contribution in [1.29, 1.82) is 0 Å². The fourth-order valence-electron chi connectivity index (χ4n) is 1.17. The summed E-state index contributed by atoms with van der Waals surface area (Å²) in [5.41, 5.74) is -3.44. The van der Waals surface area contributed by atoms with E-state index in [2.05, 4.69) is 9.72 Å². The van der Waals surface area contributed by atoms with Crippen LogP contribution in [0.15, 0.2) is 11.1 Å². The molecule has 118 valence electrons. The molecule has 0 atom stereocenters. The molecule has 0 aliphatic rings. The summed E-state index contributed by atoms with van der Waals surface area (Å²) in [5.74, 6) is -1.97. The lowest BCUT2D eigenvalue weighted by molar-refractivity contribution is -0.386. The molecule has 0 aliphatic carbocycles. The molecule has 0 N–H and O–H groups in total. The first-order valence-electron chi connectivity index (χ1n) is 4.51. The van der Waals surface area contributed by atoms with Crippen LogP contribution in [0.3, 0.4) is 0 Å². The summed E-state index contributed by atoms with van der Waals surface area (Å²) >= 11 is 0. The van der Waals surface area contributed by atoms with Gasteiger partial charge in [-0.2, -0.15) is 4.98 Å². The van der Waals surface area contributed by atoms with E-state index in [-0.39, 0.29) is 6.07 Å². The molecule has 0 saturated carbocycles. The third-order valence-corrected chi connectivity index (χ3v) is 3.04. The molecule has 0 bridgehead atoms. The molecule has 14 heteroatoms. The molecular formula is C7H2ClF5N2O5S. The van der Waals surface area contributed by atoms with E-state index >= 15 is 0 Å². The Balaban J connectivity index is 3.72. The number of ether oxygens (including phenoxy) is 1. The van der Waals surface area contributed by atoms with Crippen molar-refractivity contribution in [2.75, 3.05) is 0 Å².